The molecule has 0 aliphatic heterocycles. The molecular formula is C17H20N2O2. The van der Waals surface area contributed by atoms with Gasteiger partial charge in [-0.25, -0.2) is 0 Å². The van der Waals surface area contributed by atoms with Gasteiger partial charge in [-0.15, -0.1) is 0 Å². The molecule has 0 fully saturated rings. The lowest BCUT2D eigenvalue weighted by molar-refractivity contribution is -0.385. The summed E-state index contributed by atoms with van der Waals surface area (Å²) in [5.41, 5.74) is 11.0. The Balaban J connectivity index is 2.13. The molecule has 2 N–H and O–H groups in total. The lowest BCUT2D eigenvalue weighted by Crippen LogP contribution is -1.99. The summed E-state index contributed by atoms with van der Waals surface area (Å²) in [7, 11) is 0. The summed E-state index contributed by atoms with van der Waals surface area (Å²) in [6, 6.07) is 11.6. The van der Waals surface area contributed by atoms with Gasteiger partial charge in [0.15, 0.2) is 0 Å². The summed E-state index contributed by atoms with van der Waals surface area (Å²) >= 11 is 0. The number of nitrogen functional groups attached to an aromatic ring is 1. The molecule has 2 aromatic rings. The fourth-order valence-electron chi connectivity index (χ4n) is 2.38. The van der Waals surface area contributed by atoms with E-state index in [0.29, 0.717) is 5.56 Å². The van der Waals surface area contributed by atoms with Gasteiger partial charge < -0.3 is 5.73 Å². The second-order valence-corrected chi connectivity index (χ2v) is 5.26. The van der Waals surface area contributed by atoms with Crippen molar-refractivity contribution in [3.05, 3.63) is 68.8 Å². The average molecular weight is 284 g/mol. The van der Waals surface area contributed by atoms with E-state index in [4.69, 9.17) is 5.73 Å². The zero-order valence-corrected chi connectivity index (χ0v) is 12.4. The number of hydrogen-bond acceptors (Lipinski definition) is 3. The lowest BCUT2D eigenvalue weighted by Gasteiger charge is -2.08. The molecule has 0 aromatic heterocycles. The molecule has 0 saturated heterocycles. The van der Waals surface area contributed by atoms with Crippen LogP contribution < -0.4 is 5.73 Å². The number of benzene rings is 2. The van der Waals surface area contributed by atoms with Crippen molar-refractivity contribution >= 4 is 11.4 Å². The Hall–Kier alpha value is -2.36. The van der Waals surface area contributed by atoms with Gasteiger partial charge in [-0.05, 0) is 48.9 Å². The number of hydrogen-bond donors (Lipinski definition) is 1. The van der Waals surface area contributed by atoms with Crippen molar-refractivity contribution in [3.63, 3.8) is 0 Å². The summed E-state index contributed by atoms with van der Waals surface area (Å²) in [5.74, 6) is 0. The SMILES string of the molecule is CCc1ccc(CCc2ccc(C)c([N+](=O)[O-])c2)c(N)c1. The van der Waals surface area contributed by atoms with Crippen LogP contribution in [0, 0.1) is 17.0 Å². The minimum absolute atomic E-state index is 0.182. The van der Waals surface area contributed by atoms with Crippen LogP contribution >= 0.6 is 0 Å². The largest absolute Gasteiger partial charge is 0.398 e. The first kappa shape index (κ1) is 15.0. The van der Waals surface area contributed by atoms with Gasteiger partial charge in [0.2, 0.25) is 0 Å². The van der Waals surface area contributed by atoms with E-state index in [1.54, 1.807) is 19.1 Å². The summed E-state index contributed by atoms with van der Waals surface area (Å²) < 4.78 is 0. The molecule has 0 atom stereocenters. The molecule has 0 amide bonds. The van der Waals surface area contributed by atoms with Crippen molar-refractivity contribution in [2.45, 2.75) is 33.1 Å². The van der Waals surface area contributed by atoms with E-state index >= 15 is 0 Å². The molecule has 21 heavy (non-hydrogen) atoms. The van der Waals surface area contributed by atoms with E-state index in [9.17, 15) is 10.1 Å². The zero-order valence-electron chi connectivity index (χ0n) is 12.4. The number of aryl methyl sites for hydroxylation is 4. The Kier molecular flexibility index (Phi) is 4.58. The Morgan fingerprint density at radius 3 is 2.43 bits per heavy atom. The minimum Gasteiger partial charge on any atom is -0.398 e. The monoisotopic (exact) mass is 284 g/mol. The van der Waals surface area contributed by atoms with E-state index < -0.39 is 0 Å². The van der Waals surface area contributed by atoms with Crippen molar-refractivity contribution in [1.29, 1.82) is 0 Å². The van der Waals surface area contributed by atoms with E-state index in [-0.39, 0.29) is 10.6 Å². The van der Waals surface area contributed by atoms with Gasteiger partial charge in [0, 0.05) is 17.3 Å². The molecule has 110 valence electrons. The second-order valence-electron chi connectivity index (χ2n) is 5.26. The Bertz CT molecular complexity index is 666. The number of anilines is 1. The zero-order chi connectivity index (χ0) is 15.4. The molecule has 4 heteroatoms. The highest BCUT2D eigenvalue weighted by molar-refractivity contribution is 5.50. The van der Waals surface area contributed by atoms with Crippen LogP contribution in [0.5, 0.6) is 0 Å². The number of nitro benzene ring substituents is 1. The van der Waals surface area contributed by atoms with Crippen LogP contribution in [-0.4, -0.2) is 4.92 Å². The van der Waals surface area contributed by atoms with Crippen molar-refractivity contribution in [1.82, 2.24) is 0 Å². The van der Waals surface area contributed by atoms with Crippen LogP contribution in [0.15, 0.2) is 36.4 Å². The summed E-state index contributed by atoms with van der Waals surface area (Å²) in [6.45, 7) is 3.85. The smallest absolute Gasteiger partial charge is 0.272 e. The molecule has 4 nitrogen and oxygen atoms in total. The second kappa shape index (κ2) is 6.39. The Labute approximate surface area is 124 Å². The van der Waals surface area contributed by atoms with E-state index in [1.165, 1.54) is 5.56 Å². The normalized spacial score (nSPS) is 10.6. The van der Waals surface area contributed by atoms with Gasteiger partial charge in [0.05, 0.1) is 4.92 Å². The van der Waals surface area contributed by atoms with Crippen molar-refractivity contribution < 1.29 is 4.92 Å². The highest BCUT2D eigenvalue weighted by Gasteiger charge is 2.11. The van der Waals surface area contributed by atoms with Gasteiger partial charge in [-0.1, -0.05) is 31.2 Å². The minimum atomic E-state index is -0.330. The topological polar surface area (TPSA) is 69.2 Å². The molecule has 2 rings (SSSR count). The molecule has 0 saturated carbocycles. The predicted octanol–water partition coefficient (Wildman–Crippen LogP) is 3.83. The molecule has 0 spiro atoms. The van der Waals surface area contributed by atoms with Gasteiger partial charge >= 0.3 is 0 Å². The number of nitrogens with zero attached hydrogens (tertiary/aromatic N) is 1. The molecule has 0 heterocycles. The first-order chi connectivity index (χ1) is 10.0. The van der Waals surface area contributed by atoms with Gasteiger partial charge in [-0.2, -0.15) is 0 Å². The third kappa shape index (κ3) is 3.60. The number of nitro groups is 1. The highest BCUT2D eigenvalue weighted by Crippen LogP contribution is 2.22. The Morgan fingerprint density at radius 1 is 1.10 bits per heavy atom. The van der Waals surface area contributed by atoms with E-state index in [2.05, 4.69) is 19.1 Å². The third-order valence-electron chi connectivity index (χ3n) is 3.77. The van der Waals surface area contributed by atoms with Crippen LogP contribution in [0.25, 0.3) is 0 Å². The van der Waals surface area contributed by atoms with Crippen LogP contribution in [0.2, 0.25) is 0 Å². The fraction of sp³-hybridized carbons (Fsp3) is 0.294. The molecule has 0 bridgehead atoms. The fourth-order valence-corrected chi connectivity index (χ4v) is 2.38. The van der Waals surface area contributed by atoms with Gasteiger partial charge in [-0.3, -0.25) is 10.1 Å². The number of nitrogens with two attached hydrogens (primary N) is 1. The van der Waals surface area contributed by atoms with Gasteiger partial charge in [0.1, 0.15) is 0 Å². The van der Waals surface area contributed by atoms with Crippen molar-refractivity contribution in [2.24, 2.45) is 0 Å². The summed E-state index contributed by atoms with van der Waals surface area (Å²) in [5, 5.41) is 11.0. The van der Waals surface area contributed by atoms with Crippen molar-refractivity contribution in [2.75, 3.05) is 5.73 Å². The molecule has 0 aliphatic rings. The van der Waals surface area contributed by atoms with Crippen LogP contribution in [-0.2, 0) is 19.3 Å². The van der Waals surface area contributed by atoms with Crippen LogP contribution in [0.4, 0.5) is 11.4 Å². The van der Waals surface area contributed by atoms with Crippen LogP contribution in [0.3, 0.4) is 0 Å². The summed E-state index contributed by atoms with van der Waals surface area (Å²) in [6.07, 6.45) is 2.50. The Morgan fingerprint density at radius 2 is 1.81 bits per heavy atom. The van der Waals surface area contributed by atoms with E-state index in [1.807, 2.05) is 12.1 Å². The van der Waals surface area contributed by atoms with Crippen molar-refractivity contribution in [3.8, 4) is 0 Å². The predicted molar refractivity (Wildman–Crippen MR) is 85.5 cm³/mol. The molecular weight excluding hydrogens is 264 g/mol. The van der Waals surface area contributed by atoms with Crippen LogP contribution in [0.1, 0.15) is 29.2 Å². The lowest BCUT2D eigenvalue weighted by atomic mass is 9.99. The first-order valence-electron chi connectivity index (χ1n) is 7.12. The molecule has 2 aromatic carbocycles. The summed E-state index contributed by atoms with van der Waals surface area (Å²) in [4.78, 5) is 10.6. The quantitative estimate of drug-likeness (QED) is 0.515. The maximum atomic E-state index is 11.0. The van der Waals surface area contributed by atoms with Gasteiger partial charge in [0.25, 0.3) is 5.69 Å². The maximum absolute atomic E-state index is 11.0. The molecule has 0 aliphatic carbocycles. The standard InChI is InChI=1S/C17H20N2O2/c1-3-13-6-8-15(16(18)10-13)9-7-14-5-4-12(2)17(11-14)19(20)21/h4-6,8,10-11H,3,7,9,18H2,1-2H3. The third-order valence-corrected chi connectivity index (χ3v) is 3.77. The number of rotatable bonds is 5. The molecule has 0 unspecified atom stereocenters. The average Bonchev–Trinajstić information content (AvgIpc) is 2.47. The first-order valence-corrected chi connectivity index (χ1v) is 7.12. The van der Waals surface area contributed by atoms with E-state index in [0.717, 1.165) is 36.1 Å². The molecule has 0 radical (unpaired) electrons. The highest BCUT2D eigenvalue weighted by atomic mass is 16.6. The maximum Gasteiger partial charge on any atom is 0.272 e.